The Morgan fingerprint density at radius 2 is 1.96 bits per heavy atom. The van der Waals surface area contributed by atoms with Gasteiger partial charge in [-0.15, -0.1) is 11.3 Å². The van der Waals surface area contributed by atoms with Crippen molar-refractivity contribution in [2.45, 2.75) is 18.1 Å². The Morgan fingerprint density at radius 1 is 1.23 bits per heavy atom. The minimum Gasteiger partial charge on any atom is -0.493 e. The Labute approximate surface area is 152 Å². The van der Waals surface area contributed by atoms with Crippen LogP contribution in [-0.2, 0) is 21.3 Å². The highest BCUT2D eigenvalue weighted by atomic mass is 32.2. The van der Waals surface area contributed by atoms with Crippen molar-refractivity contribution in [3.63, 3.8) is 0 Å². The first-order chi connectivity index (χ1) is 12.3. The summed E-state index contributed by atoms with van der Waals surface area (Å²) in [5, 5.41) is 1.46. The Balaban J connectivity index is 2.17. The first kappa shape index (κ1) is 20.1. The number of halogens is 2. The fourth-order valence-corrected chi connectivity index (χ4v) is 4.37. The van der Waals surface area contributed by atoms with Crippen LogP contribution in [0.15, 0.2) is 34.5 Å². The molecule has 0 atom stereocenters. The minimum atomic E-state index is -3.98. The van der Waals surface area contributed by atoms with Crippen molar-refractivity contribution in [2.75, 3.05) is 14.2 Å². The first-order valence-electron chi connectivity index (χ1n) is 7.05. The monoisotopic (exact) mass is 407 g/mol. The molecular weight excluding hydrogens is 392 g/mol. The van der Waals surface area contributed by atoms with E-state index in [0.717, 1.165) is 18.4 Å². The molecule has 1 heterocycles. The Bertz CT molecular complexity index is 882. The third kappa shape index (κ3) is 4.68. The number of benzene rings is 1. The maximum Gasteiger partial charge on any atom is 0.387 e. The van der Waals surface area contributed by atoms with Gasteiger partial charge in [0.15, 0.2) is 11.5 Å². The number of carbonyl (C=O) groups excluding carboxylic acids is 1. The van der Waals surface area contributed by atoms with Crippen LogP contribution < -0.4 is 14.2 Å². The fraction of sp³-hybridized carbons (Fsp3) is 0.267. The van der Waals surface area contributed by atoms with E-state index in [1.165, 1.54) is 36.8 Å². The van der Waals surface area contributed by atoms with E-state index >= 15 is 0 Å². The van der Waals surface area contributed by atoms with Gasteiger partial charge in [-0.05, 0) is 29.1 Å². The summed E-state index contributed by atoms with van der Waals surface area (Å²) < 4.78 is 65.6. The Morgan fingerprint density at radius 3 is 2.58 bits per heavy atom. The molecule has 142 valence electrons. The summed E-state index contributed by atoms with van der Waals surface area (Å²) in [6, 6.07) is 5.32. The van der Waals surface area contributed by atoms with Gasteiger partial charge in [0.1, 0.15) is 9.77 Å². The molecule has 0 saturated carbocycles. The van der Waals surface area contributed by atoms with E-state index in [1.54, 1.807) is 0 Å². The summed E-state index contributed by atoms with van der Waals surface area (Å²) in [6.45, 7) is -3.16. The molecule has 0 unspecified atom stereocenters. The molecule has 26 heavy (non-hydrogen) atoms. The summed E-state index contributed by atoms with van der Waals surface area (Å²) in [5.41, 5.74) is 0.446. The summed E-state index contributed by atoms with van der Waals surface area (Å²) in [6.07, 6.45) is 0. The number of hydrogen-bond acceptors (Lipinski definition) is 7. The topological polar surface area (TPSA) is 90.9 Å². The van der Waals surface area contributed by atoms with E-state index in [9.17, 15) is 22.0 Å². The van der Waals surface area contributed by atoms with Gasteiger partial charge in [-0.1, -0.05) is 6.07 Å². The number of hydrogen-bond donors (Lipinski definition) is 1. The molecule has 7 nitrogen and oxygen atoms in total. The van der Waals surface area contributed by atoms with Gasteiger partial charge < -0.3 is 14.2 Å². The van der Waals surface area contributed by atoms with Gasteiger partial charge in [-0.3, -0.25) is 0 Å². The van der Waals surface area contributed by atoms with Crippen molar-refractivity contribution < 1.29 is 36.2 Å². The van der Waals surface area contributed by atoms with Crippen LogP contribution >= 0.6 is 11.3 Å². The number of esters is 1. The zero-order valence-corrected chi connectivity index (χ0v) is 15.3. The summed E-state index contributed by atoms with van der Waals surface area (Å²) in [5.74, 6) is -0.886. The van der Waals surface area contributed by atoms with E-state index in [0.29, 0.717) is 5.56 Å². The zero-order chi connectivity index (χ0) is 19.3. The average Bonchev–Trinajstić information content (AvgIpc) is 3.10. The molecule has 0 bridgehead atoms. The summed E-state index contributed by atoms with van der Waals surface area (Å²) >= 11 is 0.943. The molecule has 1 aromatic heterocycles. The smallest absolute Gasteiger partial charge is 0.387 e. The highest BCUT2D eigenvalue weighted by molar-refractivity contribution is 7.89. The molecule has 2 aromatic rings. The number of methoxy groups -OCH3 is 2. The van der Waals surface area contributed by atoms with Crippen LogP contribution in [0.4, 0.5) is 8.78 Å². The van der Waals surface area contributed by atoms with E-state index in [4.69, 9.17) is 4.74 Å². The second-order valence-corrected chi connectivity index (χ2v) is 7.45. The van der Waals surface area contributed by atoms with Gasteiger partial charge >= 0.3 is 12.6 Å². The molecule has 1 aromatic carbocycles. The molecule has 0 radical (unpaired) electrons. The lowest BCUT2D eigenvalue weighted by Crippen LogP contribution is -2.24. The van der Waals surface area contributed by atoms with Gasteiger partial charge in [-0.25, -0.2) is 17.9 Å². The summed E-state index contributed by atoms with van der Waals surface area (Å²) in [7, 11) is -1.55. The van der Waals surface area contributed by atoms with Gasteiger partial charge in [-0.2, -0.15) is 8.78 Å². The van der Waals surface area contributed by atoms with Crippen LogP contribution in [-0.4, -0.2) is 35.2 Å². The van der Waals surface area contributed by atoms with Crippen molar-refractivity contribution in [2.24, 2.45) is 0 Å². The molecule has 0 saturated heterocycles. The molecule has 2 rings (SSSR count). The number of rotatable bonds is 8. The zero-order valence-electron chi connectivity index (χ0n) is 13.7. The normalized spacial score (nSPS) is 11.4. The van der Waals surface area contributed by atoms with Crippen molar-refractivity contribution >= 4 is 27.3 Å². The largest absolute Gasteiger partial charge is 0.493 e. The molecule has 11 heteroatoms. The van der Waals surface area contributed by atoms with Crippen molar-refractivity contribution in [1.82, 2.24) is 4.72 Å². The van der Waals surface area contributed by atoms with Crippen LogP contribution in [0.3, 0.4) is 0 Å². The molecule has 0 aliphatic heterocycles. The second kappa shape index (κ2) is 8.43. The van der Waals surface area contributed by atoms with Crippen LogP contribution in [0.25, 0.3) is 0 Å². The molecule has 0 fully saturated rings. The maximum atomic E-state index is 12.4. The van der Waals surface area contributed by atoms with Crippen molar-refractivity contribution in [3.8, 4) is 11.5 Å². The SMILES string of the molecule is COC(=O)c1sccc1S(=O)(=O)NCc1ccc(OC(F)F)c(OC)c1. The molecular formula is C15H15F2NO6S2. The lowest BCUT2D eigenvalue weighted by atomic mass is 10.2. The highest BCUT2D eigenvalue weighted by Gasteiger charge is 2.24. The molecule has 0 spiro atoms. The fourth-order valence-electron chi connectivity index (χ4n) is 2.02. The summed E-state index contributed by atoms with van der Waals surface area (Å²) in [4.78, 5) is 11.4. The van der Waals surface area contributed by atoms with Crippen LogP contribution in [0, 0.1) is 0 Å². The van der Waals surface area contributed by atoms with Crippen molar-refractivity contribution in [1.29, 1.82) is 0 Å². The van der Waals surface area contributed by atoms with E-state index in [1.807, 2.05) is 0 Å². The Kier molecular flexibility index (Phi) is 6.51. The lowest BCUT2D eigenvalue weighted by molar-refractivity contribution is -0.0512. The van der Waals surface area contributed by atoms with E-state index in [-0.39, 0.29) is 27.8 Å². The molecule has 0 amide bonds. The van der Waals surface area contributed by atoms with Crippen LogP contribution in [0.5, 0.6) is 11.5 Å². The molecule has 0 aliphatic carbocycles. The van der Waals surface area contributed by atoms with Gasteiger partial charge in [0.05, 0.1) is 14.2 Å². The second-order valence-electron chi connectivity index (χ2n) is 4.79. The standard InChI is InChI=1S/C15H15F2NO6S2/c1-22-11-7-9(3-4-10(11)24-15(16)17)8-18-26(20,21)12-5-6-25-13(12)14(19)23-2/h3-7,15,18H,8H2,1-2H3. The number of alkyl halides is 2. The quantitative estimate of drug-likeness (QED) is 0.677. The van der Waals surface area contributed by atoms with Crippen molar-refractivity contribution in [3.05, 3.63) is 40.1 Å². The van der Waals surface area contributed by atoms with Crippen LogP contribution in [0.2, 0.25) is 0 Å². The van der Waals surface area contributed by atoms with E-state index in [2.05, 4.69) is 14.2 Å². The number of nitrogens with one attached hydrogen (secondary N) is 1. The number of sulfonamides is 1. The average molecular weight is 407 g/mol. The Hall–Kier alpha value is -2.24. The maximum absolute atomic E-state index is 12.4. The minimum absolute atomic E-state index is 0.0350. The molecule has 0 aliphatic rings. The van der Waals surface area contributed by atoms with E-state index < -0.39 is 22.6 Å². The predicted octanol–water partition coefficient (Wildman–Crippen LogP) is 2.62. The van der Waals surface area contributed by atoms with Gasteiger partial charge in [0.25, 0.3) is 0 Å². The lowest BCUT2D eigenvalue weighted by Gasteiger charge is -2.12. The van der Waals surface area contributed by atoms with Gasteiger partial charge in [0, 0.05) is 6.54 Å². The number of ether oxygens (including phenoxy) is 3. The first-order valence-corrected chi connectivity index (χ1v) is 9.42. The van der Waals surface area contributed by atoms with Gasteiger partial charge in [0.2, 0.25) is 10.0 Å². The third-order valence-corrected chi connectivity index (χ3v) is 5.67. The highest BCUT2D eigenvalue weighted by Crippen LogP contribution is 2.30. The number of thiophene rings is 1. The predicted molar refractivity (Wildman–Crippen MR) is 89.3 cm³/mol. The number of carbonyl (C=O) groups is 1. The third-order valence-electron chi connectivity index (χ3n) is 3.20. The van der Waals surface area contributed by atoms with Crippen LogP contribution in [0.1, 0.15) is 15.2 Å². The molecule has 1 N–H and O–H groups in total.